The molecule has 0 amide bonds. The summed E-state index contributed by atoms with van der Waals surface area (Å²) in [6.07, 6.45) is 0. The molecule has 0 aliphatic rings. The molecule has 0 saturated heterocycles. The minimum atomic E-state index is 0.363. The third-order valence-electron chi connectivity index (χ3n) is 3.93. The second-order valence-electron chi connectivity index (χ2n) is 5.86. The fourth-order valence-electron chi connectivity index (χ4n) is 2.45. The molecular weight excluding hydrogens is 486 g/mol. The van der Waals surface area contributed by atoms with E-state index < -0.39 is 0 Å². The van der Waals surface area contributed by atoms with E-state index in [0.29, 0.717) is 45.5 Å². The summed E-state index contributed by atoms with van der Waals surface area (Å²) >= 11 is 21.9. The molecule has 0 bridgehead atoms. The average molecular weight is 503 g/mol. The number of ether oxygens (including phenoxy) is 3. The Morgan fingerprint density at radius 2 is 1.32 bits per heavy atom. The molecule has 7 heteroatoms. The van der Waals surface area contributed by atoms with Gasteiger partial charge >= 0.3 is 0 Å². The van der Waals surface area contributed by atoms with Crippen LogP contribution in [0.2, 0.25) is 15.1 Å². The van der Waals surface area contributed by atoms with E-state index in [1.807, 2.05) is 24.3 Å². The van der Waals surface area contributed by atoms with E-state index in [4.69, 9.17) is 49.0 Å². The topological polar surface area (TPSA) is 27.7 Å². The number of benzene rings is 3. The second kappa shape index (κ2) is 9.75. The molecule has 28 heavy (non-hydrogen) atoms. The fraction of sp³-hybridized carbons (Fsp3) is 0.143. The summed E-state index contributed by atoms with van der Waals surface area (Å²) < 4.78 is 17.6. The van der Waals surface area contributed by atoms with Crippen LogP contribution in [0.4, 0.5) is 0 Å². The molecule has 0 spiro atoms. The first-order valence-corrected chi connectivity index (χ1v) is 10.2. The van der Waals surface area contributed by atoms with Crippen molar-refractivity contribution in [2.75, 3.05) is 7.11 Å². The molecule has 0 N–H and O–H groups in total. The van der Waals surface area contributed by atoms with Gasteiger partial charge in [0.1, 0.15) is 24.7 Å². The highest BCUT2D eigenvalue weighted by Crippen LogP contribution is 2.36. The van der Waals surface area contributed by atoms with E-state index in [2.05, 4.69) is 15.9 Å². The van der Waals surface area contributed by atoms with Crippen molar-refractivity contribution in [1.29, 1.82) is 0 Å². The molecule has 3 nitrogen and oxygen atoms in total. The molecule has 0 fully saturated rings. The monoisotopic (exact) mass is 500 g/mol. The van der Waals surface area contributed by atoms with Crippen LogP contribution in [-0.4, -0.2) is 7.11 Å². The highest BCUT2D eigenvalue weighted by Gasteiger charge is 2.09. The van der Waals surface area contributed by atoms with E-state index in [1.165, 1.54) is 0 Å². The Morgan fingerprint density at radius 3 is 1.89 bits per heavy atom. The lowest BCUT2D eigenvalue weighted by Gasteiger charge is -2.12. The number of methoxy groups -OCH3 is 1. The van der Waals surface area contributed by atoms with E-state index in [0.717, 1.165) is 15.6 Å². The van der Waals surface area contributed by atoms with Crippen molar-refractivity contribution in [2.24, 2.45) is 0 Å². The first-order valence-electron chi connectivity index (χ1n) is 8.28. The molecule has 0 radical (unpaired) electrons. The minimum Gasteiger partial charge on any atom is -0.496 e. The number of rotatable bonds is 7. The van der Waals surface area contributed by atoms with E-state index in [-0.39, 0.29) is 0 Å². The Labute approximate surface area is 187 Å². The maximum atomic E-state index is 6.23. The first-order chi connectivity index (χ1) is 13.5. The van der Waals surface area contributed by atoms with Gasteiger partial charge in [-0.1, -0.05) is 65.1 Å². The molecular formula is C21H16BrCl3O3. The lowest BCUT2D eigenvalue weighted by molar-refractivity contribution is 0.302. The van der Waals surface area contributed by atoms with Gasteiger partial charge in [0, 0.05) is 6.07 Å². The first kappa shape index (κ1) is 21.1. The Hall–Kier alpha value is -1.59. The predicted molar refractivity (Wildman–Crippen MR) is 117 cm³/mol. The molecule has 0 atom stereocenters. The van der Waals surface area contributed by atoms with Crippen molar-refractivity contribution in [2.45, 2.75) is 13.2 Å². The zero-order valence-corrected chi connectivity index (χ0v) is 18.7. The summed E-state index contributed by atoms with van der Waals surface area (Å²) in [6.45, 7) is 0.748. The molecule has 0 heterocycles. The van der Waals surface area contributed by atoms with Gasteiger partial charge < -0.3 is 14.2 Å². The fourth-order valence-corrected chi connectivity index (χ4v) is 3.65. The van der Waals surface area contributed by atoms with Crippen LogP contribution >= 0.6 is 50.7 Å². The number of hydrogen-bond acceptors (Lipinski definition) is 3. The van der Waals surface area contributed by atoms with Crippen molar-refractivity contribution in [3.05, 3.63) is 85.3 Å². The minimum absolute atomic E-state index is 0.363. The van der Waals surface area contributed by atoms with Crippen LogP contribution in [0.5, 0.6) is 17.2 Å². The van der Waals surface area contributed by atoms with E-state index in [9.17, 15) is 0 Å². The molecule has 0 unspecified atom stereocenters. The van der Waals surface area contributed by atoms with Crippen LogP contribution in [0.15, 0.2) is 59.1 Å². The standard InChI is InChI=1S/C21H16BrCl3O3/c1-26-19-10-18(25)20(9-15(19)22)27-11-13-5-7-14(8-6-13)12-28-21-16(23)3-2-4-17(21)24/h2-10H,11-12H2,1H3. The normalized spacial score (nSPS) is 10.6. The quantitative estimate of drug-likeness (QED) is 0.333. The Kier molecular flexibility index (Phi) is 7.36. The summed E-state index contributed by atoms with van der Waals surface area (Å²) in [4.78, 5) is 0. The highest BCUT2D eigenvalue weighted by atomic mass is 79.9. The predicted octanol–water partition coefficient (Wildman–Crippen LogP) is 7.58. The molecule has 3 rings (SSSR count). The molecule has 3 aromatic carbocycles. The van der Waals surface area contributed by atoms with Gasteiger partial charge in [0.05, 0.1) is 26.7 Å². The lowest BCUT2D eigenvalue weighted by Crippen LogP contribution is -1.99. The molecule has 146 valence electrons. The van der Waals surface area contributed by atoms with Gasteiger partial charge in [-0.15, -0.1) is 0 Å². The lowest BCUT2D eigenvalue weighted by atomic mass is 10.1. The average Bonchev–Trinajstić information content (AvgIpc) is 2.69. The zero-order chi connectivity index (χ0) is 20.1. The molecule has 0 saturated carbocycles. The van der Waals surface area contributed by atoms with Gasteiger partial charge in [0.15, 0.2) is 5.75 Å². The molecule has 0 aromatic heterocycles. The van der Waals surface area contributed by atoms with Gasteiger partial charge in [-0.3, -0.25) is 0 Å². The molecule has 0 aliphatic heterocycles. The molecule has 3 aromatic rings. The van der Waals surface area contributed by atoms with Crippen LogP contribution in [-0.2, 0) is 13.2 Å². The summed E-state index contributed by atoms with van der Waals surface area (Å²) in [5.41, 5.74) is 1.99. The highest BCUT2D eigenvalue weighted by molar-refractivity contribution is 9.10. The van der Waals surface area contributed by atoms with Gasteiger partial charge in [0.25, 0.3) is 0 Å². The van der Waals surface area contributed by atoms with E-state index in [1.54, 1.807) is 37.4 Å². The zero-order valence-electron chi connectivity index (χ0n) is 14.8. The summed E-state index contributed by atoms with van der Waals surface area (Å²) in [5, 5.41) is 1.46. The largest absolute Gasteiger partial charge is 0.496 e. The van der Waals surface area contributed by atoms with Crippen LogP contribution in [0, 0.1) is 0 Å². The van der Waals surface area contributed by atoms with Gasteiger partial charge in [-0.2, -0.15) is 0 Å². The SMILES string of the molecule is COc1cc(Cl)c(OCc2ccc(COc3c(Cl)cccc3Cl)cc2)cc1Br. The Morgan fingerprint density at radius 1 is 0.750 bits per heavy atom. The maximum Gasteiger partial charge on any atom is 0.156 e. The van der Waals surface area contributed by atoms with Crippen LogP contribution in [0.1, 0.15) is 11.1 Å². The van der Waals surface area contributed by atoms with Crippen molar-refractivity contribution >= 4 is 50.7 Å². The van der Waals surface area contributed by atoms with Crippen LogP contribution in [0.25, 0.3) is 0 Å². The third kappa shape index (κ3) is 5.26. The van der Waals surface area contributed by atoms with Gasteiger partial charge in [0.2, 0.25) is 0 Å². The van der Waals surface area contributed by atoms with Gasteiger partial charge in [-0.05, 0) is 45.3 Å². The van der Waals surface area contributed by atoms with Crippen molar-refractivity contribution in [1.82, 2.24) is 0 Å². The van der Waals surface area contributed by atoms with Crippen molar-refractivity contribution in [3.8, 4) is 17.2 Å². The third-order valence-corrected chi connectivity index (χ3v) is 5.44. The van der Waals surface area contributed by atoms with Crippen LogP contribution < -0.4 is 14.2 Å². The van der Waals surface area contributed by atoms with Crippen molar-refractivity contribution < 1.29 is 14.2 Å². The Bertz CT molecular complexity index is 942. The molecule has 0 aliphatic carbocycles. The number of para-hydroxylation sites is 1. The number of hydrogen-bond donors (Lipinski definition) is 0. The van der Waals surface area contributed by atoms with Gasteiger partial charge in [-0.25, -0.2) is 0 Å². The van der Waals surface area contributed by atoms with Crippen molar-refractivity contribution in [3.63, 3.8) is 0 Å². The smallest absolute Gasteiger partial charge is 0.156 e. The van der Waals surface area contributed by atoms with E-state index >= 15 is 0 Å². The second-order valence-corrected chi connectivity index (χ2v) is 7.94. The maximum absolute atomic E-state index is 6.23. The number of halogens is 4. The summed E-state index contributed by atoms with van der Waals surface area (Å²) in [5.74, 6) is 1.72. The summed E-state index contributed by atoms with van der Waals surface area (Å²) in [7, 11) is 1.59. The summed E-state index contributed by atoms with van der Waals surface area (Å²) in [6, 6.07) is 16.6. The Balaban J connectivity index is 1.60. The van der Waals surface area contributed by atoms with Crippen LogP contribution in [0.3, 0.4) is 0 Å².